The standard InChI is InChI=1S/C44H62N6O8/c1-30(45)33-24-20-31(21-25-33)18-14-16-28-49(39(53)57-43(8,9)10)36(48-38(52)56-42(5,6)7)50(40(54)58-44(11,12)13)29-17-15-19-32-22-26-34(27-23-32)35(46)47-37(51)55-41(2,3)4/h14-15,18-27,45H,16-17,28-29H2,1-13H3,(H2,46,47,51)/b18-14+,19-15+,45-30?,48-36+. The van der Waals surface area contributed by atoms with E-state index in [0.29, 0.717) is 11.3 Å². The zero-order valence-corrected chi connectivity index (χ0v) is 36.4. The van der Waals surface area contributed by atoms with E-state index in [4.69, 9.17) is 29.8 Å². The number of aliphatic imine (C=N–C) groups is 1. The number of rotatable bonds is 10. The molecule has 0 aromatic heterocycles. The van der Waals surface area contributed by atoms with E-state index in [0.717, 1.165) is 26.5 Å². The van der Waals surface area contributed by atoms with Gasteiger partial charge < -0.3 is 24.4 Å². The van der Waals surface area contributed by atoms with Crippen molar-refractivity contribution < 1.29 is 38.1 Å². The Morgan fingerprint density at radius 2 is 0.983 bits per heavy atom. The summed E-state index contributed by atoms with van der Waals surface area (Å²) < 4.78 is 22.3. The van der Waals surface area contributed by atoms with Gasteiger partial charge in [-0.15, -0.1) is 4.99 Å². The second-order valence-corrected chi connectivity index (χ2v) is 17.4. The molecule has 0 radical (unpaired) electrons. The normalized spacial score (nSPS) is 12.5. The molecule has 0 aliphatic rings. The van der Waals surface area contributed by atoms with Gasteiger partial charge >= 0.3 is 24.4 Å². The quantitative estimate of drug-likeness (QED) is 0.120. The molecule has 0 atom stereocenters. The molecule has 14 heteroatoms. The molecule has 0 bridgehead atoms. The van der Waals surface area contributed by atoms with E-state index in [1.54, 1.807) is 126 Å². The molecule has 0 saturated heterocycles. The average molecular weight is 803 g/mol. The molecule has 0 aliphatic heterocycles. The summed E-state index contributed by atoms with van der Waals surface area (Å²) in [6, 6.07) is 14.3. The lowest BCUT2D eigenvalue weighted by molar-refractivity contribution is 0.0277. The largest absolute Gasteiger partial charge is 0.444 e. The molecule has 0 fully saturated rings. The first-order valence-electron chi connectivity index (χ1n) is 19.1. The Labute approximate surface area is 343 Å². The Hall–Kier alpha value is -5.79. The van der Waals surface area contributed by atoms with Gasteiger partial charge in [-0.05, 0) is 120 Å². The second-order valence-electron chi connectivity index (χ2n) is 17.4. The topological polar surface area (TPSA) is 184 Å². The Bertz CT molecular complexity index is 1850. The number of carbonyl (C=O) groups excluding carboxylic acids is 4. The average Bonchev–Trinajstić information content (AvgIpc) is 3.04. The molecular weight excluding hydrogens is 741 g/mol. The molecule has 4 amide bonds. The second kappa shape index (κ2) is 20.6. The molecule has 3 N–H and O–H groups in total. The summed E-state index contributed by atoms with van der Waals surface area (Å²) in [4.78, 5) is 59.8. The van der Waals surface area contributed by atoms with Gasteiger partial charge in [-0.25, -0.2) is 29.0 Å². The van der Waals surface area contributed by atoms with Crippen molar-refractivity contribution >= 4 is 54.0 Å². The minimum atomic E-state index is -1.02. The van der Waals surface area contributed by atoms with Gasteiger partial charge in [0.25, 0.3) is 0 Å². The molecule has 0 heterocycles. The zero-order chi connectivity index (χ0) is 44.1. The molecule has 316 valence electrons. The fourth-order valence-electron chi connectivity index (χ4n) is 4.74. The highest BCUT2D eigenvalue weighted by molar-refractivity contribution is 6.05. The van der Waals surface area contributed by atoms with Crippen molar-refractivity contribution in [1.29, 1.82) is 10.8 Å². The highest BCUT2D eigenvalue weighted by Gasteiger charge is 2.35. The number of hydrogen-bond donors (Lipinski definition) is 3. The summed E-state index contributed by atoms with van der Waals surface area (Å²) in [7, 11) is 0. The number of amidine groups is 1. The molecule has 2 aromatic carbocycles. The Morgan fingerprint density at radius 3 is 1.34 bits per heavy atom. The van der Waals surface area contributed by atoms with Gasteiger partial charge in [0.2, 0.25) is 5.96 Å². The first-order chi connectivity index (χ1) is 26.6. The molecule has 2 aromatic rings. The molecule has 58 heavy (non-hydrogen) atoms. The van der Waals surface area contributed by atoms with Crippen LogP contribution < -0.4 is 5.32 Å². The fourth-order valence-corrected chi connectivity index (χ4v) is 4.74. The summed E-state index contributed by atoms with van der Waals surface area (Å²) in [5, 5.41) is 18.5. The fraction of sp³-hybridized carbons (Fsp3) is 0.477. The van der Waals surface area contributed by atoms with Crippen molar-refractivity contribution in [3.8, 4) is 0 Å². The van der Waals surface area contributed by atoms with Gasteiger partial charge in [0.05, 0.1) is 0 Å². The maximum Gasteiger partial charge on any atom is 0.437 e. The number of carbonyl (C=O) groups is 4. The summed E-state index contributed by atoms with van der Waals surface area (Å²) in [6.07, 6.45) is 4.38. The van der Waals surface area contributed by atoms with E-state index in [2.05, 4.69) is 10.3 Å². The number of alkyl carbamates (subject to hydrolysis) is 1. The minimum absolute atomic E-state index is 0.0377. The third kappa shape index (κ3) is 18.9. The molecule has 2 rings (SSSR count). The van der Waals surface area contributed by atoms with Crippen LogP contribution in [-0.4, -0.2) is 87.2 Å². The number of ether oxygens (including phenoxy) is 4. The van der Waals surface area contributed by atoms with Crippen LogP contribution in [0.4, 0.5) is 19.2 Å². The Morgan fingerprint density at radius 1 is 0.603 bits per heavy atom. The summed E-state index contributed by atoms with van der Waals surface area (Å²) in [5.74, 6) is -0.446. The number of hydrogen-bond acceptors (Lipinski definition) is 10. The van der Waals surface area contributed by atoms with E-state index in [-0.39, 0.29) is 37.7 Å². The zero-order valence-electron chi connectivity index (χ0n) is 36.4. The molecular formula is C44H62N6O8. The van der Waals surface area contributed by atoms with Gasteiger partial charge in [0.15, 0.2) is 0 Å². The first kappa shape index (κ1) is 48.4. The smallest absolute Gasteiger partial charge is 0.437 e. The number of nitrogens with zero attached hydrogens (tertiary/aromatic N) is 3. The van der Waals surface area contributed by atoms with Crippen LogP contribution in [0.25, 0.3) is 12.2 Å². The third-order valence-electron chi connectivity index (χ3n) is 7.12. The van der Waals surface area contributed by atoms with Crippen LogP contribution >= 0.6 is 0 Å². The number of amides is 4. The molecule has 0 aliphatic carbocycles. The lowest BCUT2D eigenvalue weighted by Gasteiger charge is -2.34. The van der Waals surface area contributed by atoms with Crippen LogP contribution in [0.5, 0.6) is 0 Å². The van der Waals surface area contributed by atoms with Gasteiger partial charge in [0.1, 0.15) is 28.2 Å². The van der Waals surface area contributed by atoms with E-state index in [1.165, 1.54) is 0 Å². The molecule has 14 nitrogen and oxygen atoms in total. The summed E-state index contributed by atoms with van der Waals surface area (Å²) in [5.41, 5.74) is -0.149. The van der Waals surface area contributed by atoms with Crippen molar-refractivity contribution in [3.05, 3.63) is 82.9 Å². The van der Waals surface area contributed by atoms with Gasteiger partial charge in [-0.3, -0.25) is 10.7 Å². The first-order valence-corrected chi connectivity index (χ1v) is 19.1. The van der Waals surface area contributed by atoms with E-state index < -0.39 is 46.8 Å². The number of benzene rings is 2. The van der Waals surface area contributed by atoms with Crippen LogP contribution in [0.3, 0.4) is 0 Å². The highest BCUT2D eigenvalue weighted by Crippen LogP contribution is 2.19. The summed E-state index contributed by atoms with van der Waals surface area (Å²) in [6.45, 7) is 22.1. The summed E-state index contributed by atoms with van der Waals surface area (Å²) >= 11 is 0. The Kier molecular flexibility index (Phi) is 17.2. The van der Waals surface area contributed by atoms with Crippen molar-refractivity contribution in [2.75, 3.05) is 13.1 Å². The van der Waals surface area contributed by atoms with Gasteiger partial charge in [-0.1, -0.05) is 72.8 Å². The number of guanidine groups is 1. The lowest BCUT2D eigenvalue weighted by Crippen LogP contribution is -2.53. The maximum atomic E-state index is 14.0. The van der Waals surface area contributed by atoms with E-state index in [9.17, 15) is 19.2 Å². The van der Waals surface area contributed by atoms with Crippen molar-refractivity contribution in [2.24, 2.45) is 4.99 Å². The van der Waals surface area contributed by atoms with Crippen LogP contribution in [0, 0.1) is 10.8 Å². The predicted molar refractivity (Wildman–Crippen MR) is 228 cm³/mol. The van der Waals surface area contributed by atoms with Gasteiger partial charge in [-0.2, -0.15) is 0 Å². The monoisotopic (exact) mass is 802 g/mol. The van der Waals surface area contributed by atoms with Gasteiger partial charge in [0, 0.05) is 24.4 Å². The van der Waals surface area contributed by atoms with E-state index >= 15 is 0 Å². The predicted octanol–water partition coefficient (Wildman–Crippen LogP) is 10.2. The lowest BCUT2D eigenvalue weighted by atomic mass is 10.1. The Balaban J connectivity index is 2.51. The molecule has 0 unspecified atom stereocenters. The van der Waals surface area contributed by atoms with Crippen LogP contribution in [0.2, 0.25) is 0 Å². The van der Waals surface area contributed by atoms with Crippen molar-refractivity contribution in [3.63, 3.8) is 0 Å². The highest BCUT2D eigenvalue weighted by atomic mass is 16.6. The molecule has 0 saturated carbocycles. The van der Waals surface area contributed by atoms with Crippen LogP contribution in [0.1, 0.15) is 125 Å². The maximum absolute atomic E-state index is 14.0. The van der Waals surface area contributed by atoms with Crippen LogP contribution in [-0.2, 0) is 18.9 Å². The third-order valence-corrected chi connectivity index (χ3v) is 7.12. The van der Waals surface area contributed by atoms with Crippen LogP contribution in [0.15, 0.2) is 65.7 Å². The van der Waals surface area contributed by atoms with Crippen molar-refractivity contribution in [1.82, 2.24) is 15.1 Å². The SMILES string of the molecule is CC(=N)c1ccc(/C=C/CCN(C(=O)OC(C)(C)C)/C(=N\C(=O)OC(C)(C)C)N(CC/C=C/c2ccc(C(=N)NC(=O)OC(C)(C)C)cc2)C(=O)OC(C)(C)C)cc1. The molecule has 0 spiro atoms. The van der Waals surface area contributed by atoms with Crippen molar-refractivity contribution in [2.45, 2.75) is 125 Å². The van der Waals surface area contributed by atoms with E-state index in [1.807, 2.05) is 36.4 Å². The number of nitrogens with one attached hydrogen (secondary N) is 3. The minimum Gasteiger partial charge on any atom is -0.444 e.